The van der Waals surface area contributed by atoms with E-state index in [9.17, 15) is 4.79 Å². The first kappa shape index (κ1) is 17.7. The third-order valence-electron chi connectivity index (χ3n) is 5.13. The molecule has 25 heavy (non-hydrogen) atoms. The van der Waals surface area contributed by atoms with E-state index < -0.39 is 0 Å². The van der Waals surface area contributed by atoms with E-state index in [1.807, 2.05) is 31.2 Å². The summed E-state index contributed by atoms with van der Waals surface area (Å²) in [5.74, 6) is 0.836. The van der Waals surface area contributed by atoms with Crippen LogP contribution in [0, 0.1) is 5.92 Å². The molecule has 2 unspecified atom stereocenters. The van der Waals surface area contributed by atoms with Gasteiger partial charge in [0.05, 0.1) is 12.6 Å². The van der Waals surface area contributed by atoms with Gasteiger partial charge in [0.1, 0.15) is 0 Å². The number of nitrogens with one attached hydrogen (secondary N) is 1. The molecule has 132 valence electrons. The van der Waals surface area contributed by atoms with E-state index in [0.717, 1.165) is 18.0 Å². The van der Waals surface area contributed by atoms with Crippen LogP contribution in [0.4, 0.5) is 0 Å². The molecule has 3 heteroatoms. The van der Waals surface area contributed by atoms with Crippen molar-refractivity contribution in [2.24, 2.45) is 5.92 Å². The van der Waals surface area contributed by atoms with Crippen molar-refractivity contribution < 1.29 is 4.79 Å². The van der Waals surface area contributed by atoms with E-state index in [1.54, 1.807) is 0 Å². The molecule has 0 spiro atoms. The number of carbonyl (C=O) groups excluding carboxylic acids is 1. The van der Waals surface area contributed by atoms with E-state index in [0.29, 0.717) is 12.6 Å². The highest BCUT2D eigenvalue weighted by molar-refractivity contribution is 5.78. The lowest BCUT2D eigenvalue weighted by atomic mass is 10.1. The zero-order chi connectivity index (χ0) is 17.6. The fraction of sp³-hybridized carbons (Fsp3) is 0.409. The van der Waals surface area contributed by atoms with Gasteiger partial charge in [-0.15, -0.1) is 0 Å². The number of carbonyl (C=O) groups is 1. The Morgan fingerprint density at radius 2 is 1.64 bits per heavy atom. The summed E-state index contributed by atoms with van der Waals surface area (Å²) in [5.41, 5.74) is 2.40. The standard InChI is InChI=1S/C22H28N2O/c1-17(20-11-7-4-8-12-20)23-22(25)16-24(18(2)21-13-14-21)15-19-9-5-3-6-10-19/h3-12,17-18,21H,13-16H2,1-2H3,(H,23,25). The van der Waals surface area contributed by atoms with Crippen LogP contribution in [-0.4, -0.2) is 23.4 Å². The average Bonchev–Trinajstić information content (AvgIpc) is 3.47. The second-order valence-corrected chi connectivity index (χ2v) is 7.17. The third kappa shape index (κ3) is 5.17. The van der Waals surface area contributed by atoms with Gasteiger partial charge in [0.2, 0.25) is 5.91 Å². The van der Waals surface area contributed by atoms with Crippen LogP contribution in [0.15, 0.2) is 60.7 Å². The molecule has 1 aliphatic rings. The fourth-order valence-electron chi connectivity index (χ4n) is 3.34. The van der Waals surface area contributed by atoms with Gasteiger partial charge >= 0.3 is 0 Å². The van der Waals surface area contributed by atoms with Crippen molar-refractivity contribution in [2.45, 2.75) is 45.3 Å². The normalized spacial score (nSPS) is 16.4. The molecule has 2 aromatic rings. The fourth-order valence-corrected chi connectivity index (χ4v) is 3.34. The summed E-state index contributed by atoms with van der Waals surface area (Å²) in [7, 11) is 0. The predicted octanol–water partition coefficient (Wildman–Crippen LogP) is 4.16. The Hall–Kier alpha value is -2.13. The Morgan fingerprint density at radius 3 is 2.24 bits per heavy atom. The molecular formula is C22H28N2O. The van der Waals surface area contributed by atoms with Crippen LogP contribution in [-0.2, 0) is 11.3 Å². The van der Waals surface area contributed by atoms with E-state index in [4.69, 9.17) is 0 Å². The molecule has 0 heterocycles. The van der Waals surface area contributed by atoms with Gasteiger partial charge in [-0.3, -0.25) is 9.69 Å². The Morgan fingerprint density at radius 1 is 1.04 bits per heavy atom. The summed E-state index contributed by atoms with van der Waals surface area (Å²) in [6.07, 6.45) is 2.57. The molecule has 0 bridgehead atoms. The monoisotopic (exact) mass is 336 g/mol. The molecular weight excluding hydrogens is 308 g/mol. The smallest absolute Gasteiger partial charge is 0.234 e. The minimum Gasteiger partial charge on any atom is -0.348 e. The average molecular weight is 336 g/mol. The summed E-state index contributed by atoms with van der Waals surface area (Å²) in [6.45, 7) is 5.57. The summed E-state index contributed by atoms with van der Waals surface area (Å²) < 4.78 is 0. The number of rotatable bonds is 8. The molecule has 1 fully saturated rings. The number of hydrogen-bond acceptors (Lipinski definition) is 2. The van der Waals surface area contributed by atoms with Crippen LogP contribution in [0.3, 0.4) is 0 Å². The lowest BCUT2D eigenvalue weighted by molar-refractivity contribution is -0.123. The van der Waals surface area contributed by atoms with Gasteiger partial charge in [-0.2, -0.15) is 0 Å². The predicted molar refractivity (Wildman–Crippen MR) is 102 cm³/mol. The van der Waals surface area contributed by atoms with Crippen molar-refractivity contribution >= 4 is 5.91 Å². The molecule has 3 rings (SSSR count). The van der Waals surface area contributed by atoms with Crippen molar-refractivity contribution in [3.05, 3.63) is 71.8 Å². The minimum absolute atomic E-state index is 0.0310. The van der Waals surface area contributed by atoms with Gasteiger partial charge in [0.15, 0.2) is 0 Å². The number of benzene rings is 2. The van der Waals surface area contributed by atoms with Crippen LogP contribution in [0.25, 0.3) is 0 Å². The second kappa shape index (κ2) is 8.30. The van der Waals surface area contributed by atoms with Gasteiger partial charge < -0.3 is 5.32 Å². The maximum absolute atomic E-state index is 12.6. The number of hydrogen-bond donors (Lipinski definition) is 1. The van der Waals surface area contributed by atoms with Crippen LogP contribution >= 0.6 is 0 Å². The van der Waals surface area contributed by atoms with Gasteiger partial charge in [-0.1, -0.05) is 60.7 Å². The summed E-state index contributed by atoms with van der Waals surface area (Å²) >= 11 is 0. The highest BCUT2D eigenvalue weighted by Crippen LogP contribution is 2.35. The van der Waals surface area contributed by atoms with Crippen molar-refractivity contribution in [2.75, 3.05) is 6.54 Å². The maximum atomic E-state index is 12.6. The first-order valence-corrected chi connectivity index (χ1v) is 9.26. The van der Waals surface area contributed by atoms with E-state index >= 15 is 0 Å². The number of nitrogens with zero attached hydrogens (tertiary/aromatic N) is 1. The van der Waals surface area contributed by atoms with E-state index in [2.05, 4.69) is 53.5 Å². The van der Waals surface area contributed by atoms with E-state index in [-0.39, 0.29) is 11.9 Å². The molecule has 3 nitrogen and oxygen atoms in total. The Kier molecular flexibility index (Phi) is 5.87. The van der Waals surface area contributed by atoms with Crippen molar-refractivity contribution in [3.63, 3.8) is 0 Å². The Balaban J connectivity index is 1.61. The zero-order valence-electron chi connectivity index (χ0n) is 15.2. The molecule has 1 saturated carbocycles. The van der Waals surface area contributed by atoms with E-state index in [1.165, 1.54) is 18.4 Å². The van der Waals surface area contributed by atoms with Crippen LogP contribution < -0.4 is 5.32 Å². The van der Waals surface area contributed by atoms with Crippen LogP contribution in [0.1, 0.15) is 43.9 Å². The van der Waals surface area contributed by atoms with Crippen molar-refractivity contribution in [1.82, 2.24) is 10.2 Å². The summed E-state index contributed by atoms with van der Waals surface area (Å²) in [6, 6.07) is 21.0. The lowest BCUT2D eigenvalue weighted by Crippen LogP contribution is -2.42. The maximum Gasteiger partial charge on any atom is 0.234 e. The molecule has 1 N–H and O–H groups in total. The Bertz CT molecular complexity index is 667. The summed E-state index contributed by atoms with van der Waals surface area (Å²) in [4.78, 5) is 14.9. The number of amides is 1. The quantitative estimate of drug-likeness (QED) is 0.785. The van der Waals surface area contributed by atoms with Crippen LogP contribution in [0.5, 0.6) is 0 Å². The molecule has 2 atom stereocenters. The van der Waals surface area contributed by atoms with Crippen molar-refractivity contribution in [1.29, 1.82) is 0 Å². The molecule has 2 aromatic carbocycles. The first-order chi connectivity index (χ1) is 12.1. The zero-order valence-corrected chi connectivity index (χ0v) is 15.2. The molecule has 1 aliphatic carbocycles. The molecule has 1 amide bonds. The summed E-state index contributed by atoms with van der Waals surface area (Å²) in [5, 5.41) is 3.15. The highest BCUT2D eigenvalue weighted by atomic mass is 16.2. The third-order valence-corrected chi connectivity index (χ3v) is 5.13. The van der Waals surface area contributed by atoms with Gasteiger partial charge in [0.25, 0.3) is 0 Å². The first-order valence-electron chi connectivity index (χ1n) is 9.26. The second-order valence-electron chi connectivity index (χ2n) is 7.17. The van der Waals surface area contributed by atoms with Crippen molar-refractivity contribution in [3.8, 4) is 0 Å². The largest absolute Gasteiger partial charge is 0.348 e. The lowest BCUT2D eigenvalue weighted by Gasteiger charge is -2.29. The van der Waals surface area contributed by atoms with Gasteiger partial charge in [-0.05, 0) is 43.7 Å². The molecule has 0 radical (unpaired) electrons. The molecule has 0 aliphatic heterocycles. The topological polar surface area (TPSA) is 32.3 Å². The Labute approximate surface area is 151 Å². The van der Waals surface area contributed by atoms with Gasteiger partial charge in [0, 0.05) is 12.6 Å². The molecule has 0 saturated heterocycles. The highest BCUT2D eigenvalue weighted by Gasteiger charge is 2.32. The SMILES string of the molecule is CC(NC(=O)CN(Cc1ccccc1)C(C)C1CC1)c1ccccc1. The van der Waals surface area contributed by atoms with Crippen LogP contribution in [0.2, 0.25) is 0 Å². The minimum atomic E-state index is 0.0310. The van der Waals surface area contributed by atoms with Gasteiger partial charge in [-0.25, -0.2) is 0 Å². The molecule has 0 aromatic heterocycles.